The van der Waals surface area contributed by atoms with Gasteiger partial charge >= 0.3 is 11.9 Å². The van der Waals surface area contributed by atoms with Gasteiger partial charge in [0, 0.05) is 18.6 Å². The standard InChI is InChI=1S/C15H14O5.C14H14O2.C3H4O/c1-3-14(17)19-12-8-7-11(6-5-9-16)10-13(12)20-15(18)4-2;1-15-13-7-3-11(4-8-13)12-5-9-14(16-2)10-6-12;1-2-3-4/h3-4,7-10H,1-2,5-6H2;3-10H,1-2H3;2-3H,1H2. The molecule has 0 saturated carbocycles. The number of aryl methyl sites for hydroxylation is 1. The van der Waals surface area contributed by atoms with Crippen LogP contribution in [-0.2, 0) is 25.6 Å². The van der Waals surface area contributed by atoms with Gasteiger partial charge in [0.15, 0.2) is 11.5 Å². The van der Waals surface area contributed by atoms with Crippen LogP contribution in [0.2, 0.25) is 0 Å². The van der Waals surface area contributed by atoms with E-state index in [-0.39, 0.29) is 11.5 Å². The first-order chi connectivity index (χ1) is 19.3. The van der Waals surface area contributed by atoms with Gasteiger partial charge in [0.1, 0.15) is 24.1 Å². The summed E-state index contributed by atoms with van der Waals surface area (Å²) < 4.78 is 20.2. The molecule has 3 rings (SSSR count). The zero-order valence-electron chi connectivity index (χ0n) is 22.5. The highest BCUT2D eigenvalue weighted by Crippen LogP contribution is 2.29. The maximum Gasteiger partial charge on any atom is 0.335 e. The normalized spacial score (nSPS) is 9.15. The number of hydrogen-bond donors (Lipinski definition) is 0. The first-order valence-electron chi connectivity index (χ1n) is 11.9. The Labute approximate surface area is 234 Å². The lowest BCUT2D eigenvalue weighted by Gasteiger charge is -2.10. The van der Waals surface area contributed by atoms with E-state index in [0.717, 1.165) is 35.5 Å². The quantitative estimate of drug-likeness (QED) is 0.130. The number of methoxy groups -OCH3 is 2. The molecule has 8 heteroatoms. The van der Waals surface area contributed by atoms with Crippen molar-refractivity contribution in [1.82, 2.24) is 0 Å². The average molecular weight is 545 g/mol. The monoisotopic (exact) mass is 544 g/mol. The zero-order valence-corrected chi connectivity index (χ0v) is 22.5. The molecule has 0 aliphatic rings. The molecule has 3 aromatic rings. The van der Waals surface area contributed by atoms with Crippen LogP contribution in [0.15, 0.2) is 105 Å². The summed E-state index contributed by atoms with van der Waals surface area (Å²) in [5, 5.41) is 0. The van der Waals surface area contributed by atoms with Crippen LogP contribution in [-0.4, -0.2) is 38.7 Å². The molecule has 40 heavy (non-hydrogen) atoms. The lowest BCUT2D eigenvalue weighted by molar-refractivity contribution is -0.131. The summed E-state index contributed by atoms with van der Waals surface area (Å²) >= 11 is 0. The number of hydrogen-bond acceptors (Lipinski definition) is 8. The molecule has 0 unspecified atom stereocenters. The van der Waals surface area contributed by atoms with E-state index < -0.39 is 11.9 Å². The molecule has 0 aliphatic carbocycles. The fraction of sp³-hybridized carbons (Fsp3) is 0.125. The number of benzene rings is 3. The molecule has 208 valence electrons. The van der Waals surface area contributed by atoms with Crippen LogP contribution in [0, 0.1) is 0 Å². The Morgan fingerprint density at radius 3 is 1.52 bits per heavy atom. The molecule has 0 radical (unpaired) electrons. The van der Waals surface area contributed by atoms with E-state index in [2.05, 4.69) is 19.7 Å². The molecule has 0 spiro atoms. The van der Waals surface area contributed by atoms with E-state index in [1.807, 2.05) is 48.5 Å². The number of rotatable bonds is 11. The third-order valence-electron chi connectivity index (χ3n) is 4.92. The Kier molecular flexibility index (Phi) is 15.5. The summed E-state index contributed by atoms with van der Waals surface area (Å²) in [5.41, 5.74) is 3.12. The van der Waals surface area contributed by atoms with Gasteiger partial charge in [-0.1, -0.05) is 50.1 Å². The number of carbonyl (C=O) groups excluding carboxylic acids is 4. The van der Waals surface area contributed by atoms with Crippen molar-refractivity contribution in [2.45, 2.75) is 12.8 Å². The third-order valence-corrected chi connectivity index (χ3v) is 4.92. The SMILES string of the molecule is C=CC(=O)Oc1ccc(CCC=O)cc1OC(=O)C=C.C=CC=O.COc1ccc(-c2ccc(OC)cc2)cc1. The van der Waals surface area contributed by atoms with Gasteiger partial charge in [0.2, 0.25) is 0 Å². The van der Waals surface area contributed by atoms with Gasteiger partial charge in [-0.05, 0) is 65.6 Å². The topological polar surface area (TPSA) is 105 Å². The number of esters is 2. The largest absolute Gasteiger partial charge is 0.497 e. The molecule has 0 aromatic heterocycles. The number of ether oxygens (including phenoxy) is 4. The average Bonchev–Trinajstić information content (AvgIpc) is 3.01. The van der Waals surface area contributed by atoms with Gasteiger partial charge < -0.3 is 23.7 Å². The van der Waals surface area contributed by atoms with Crippen molar-refractivity contribution in [2.24, 2.45) is 0 Å². The van der Waals surface area contributed by atoms with Gasteiger partial charge in [-0.3, -0.25) is 4.79 Å². The summed E-state index contributed by atoms with van der Waals surface area (Å²) in [7, 11) is 3.34. The van der Waals surface area contributed by atoms with Gasteiger partial charge in [-0.15, -0.1) is 0 Å². The van der Waals surface area contributed by atoms with Crippen LogP contribution in [0.3, 0.4) is 0 Å². The van der Waals surface area contributed by atoms with Crippen molar-refractivity contribution in [3.05, 3.63) is 110 Å². The minimum atomic E-state index is -0.673. The number of allylic oxidation sites excluding steroid dienone is 1. The van der Waals surface area contributed by atoms with E-state index in [9.17, 15) is 14.4 Å². The summed E-state index contributed by atoms with van der Waals surface area (Å²) in [4.78, 5) is 41.9. The van der Waals surface area contributed by atoms with Crippen molar-refractivity contribution in [1.29, 1.82) is 0 Å². The van der Waals surface area contributed by atoms with Crippen molar-refractivity contribution < 1.29 is 38.1 Å². The van der Waals surface area contributed by atoms with E-state index in [4.69, 9.17) is 23.7 Å². The zero-order chi connectivity index (χ0) is 29.8. The highest BCUT2D eigenvalue weighted by Gasteiger charge is 2.12. The molecular formula is C32H32O8. The summed E-state index contributed by atoms with van der Waals surface area (Å²) in [6.45, 7) is 9.69. The third kappa shape index (κ3) is 11.9. The van der Waals surface area contributed by atoms with E-state index in [0.29, 0.717) is 19.1 Å². The van der Waals surface area contributed by atoms with Gasteiger partial charge in [0.05, 0.1) is 14.2 Å². The van der Waals surface area contributed by atoms with Crippen molar-refractivity contribution in [2.75, 3.05) is 14.2 Å². The summed E-state index contributed by atoms with van der Waals surface area (Å²) in [6, 6.07) is 20.7. The maximum atomic E-state index is 11.3. The molecule has 0 saturated heterocycles. The van der Waals surface area contributed by atoms with Crippen LogP contribution < -0.4 is 18.9 Å². The number of aldehydes is 2. The lowest BCUT2D eigenvalue weighted by Crippen LogP contribution is -2.09. The van der Waals surface area contributed by atoms with Gasteiger partial charge in [-0.25, -0.2) is 9.59 Å². The smallest absolute Gasteiger partial charge is 0.335 e. The van der Waals surface area contributed by atoms with Crippen molar-refractivity contribution in [3.63, 3.8) is 0 Å². The van der Waals surface area contributed by atoms with E-state index in [1.165, 1.54) is 29.3 Å². The second kappa shape index (κ2) is 18.9. The predicted molar refractivity (Wildman–Crippen MR) is 154 cm³/mol. The van der Waals surface area contributed by atoms with Gasteiger partial charge in [0.25, 0.3) is 0 Å². The Balaban J connectivity index is 0.000000358. The van der Waals surface area contributed by atoms with Crippen LogP contribution in [0.4, 0.5) is 0 Å². The molecule has 0 amide bonds. The van der Waals surface area contributed by atoms with Gasteiger partial charge in [-0.2, -0.15) is 0 Å². The van der Waals surface area contributed by atoms with Crippen LogP contribution in [0.5, 0.6) is 23.0 Å². The second-order valence-corrected chi connectivity index (χ2v) is 7.57. The molecule has 3 aromatic carbocycles. The minimum absolute atomic E-state index is 0.0912. The van der Waals surface area contributed by atoms with Crippen LogP contribution >= 0.6 is 0 Å². The Bertz CT molecular complexity index is 1220. The molecule has 0 fully saturated rings. The minimum Gasteiger partial charge on any atom is -0.497 e. The molecule has 0 heterocycles. The summed E-state index contributed by atoms with van der Waals surface area (Å²) in [6.07, 6.45) is 5.47. The Hall–Kier alpha value is -5.24. The van der Waals surface area contributed by atoms with Crippen LogP contribution in [0.25, 0.3) is 11.1 Å². The molecule has 0 atom stereocenters. The van der Waals surface area contributed by atoms with Crippen LogP contribution in [0.1, 0.15) is 12.0 Å². The predicted octanol–water partition coefficient (Wildman–Crippen LogP) is 5.74. The molecular weight excluding hydrogens is 512 g/mol. The molecule has 0 N–H and O–H groups in total. The highest BCUT2D eigenvalue weighted by molar-refractivity contribution is 5.86. The van der Waals surface area contributed by atoms with Crippen molar-refractivity contribution in [3.8, 4) is 34.1 Å². The first-order valence-corrected chi connectivity index (χ1v) is 11.9. The second-order valence-electron chi connectivity index (χ2n) is 7.57. The molecule has 0 aliphatic heterocycles. The fourth-order valence-corrected chi connectivity index (χ4v) is 2.96. The summed E-state index contributed by atoms with van der Waals surface area (Å²) in [5.74, 6) is 0.595. The molecule has 0 bridgehead atoms. The Morgan fingerprint density at radius 2 is 1.15 bits per heavy atom. The highest BCUT2D eigenvalue weighted by atomic mass is 16.6. The molecule has 8 nitrogen and oxygen atoms in total. The number of carbonyl (C=O) groups is 4. The fourth-order valence-electron chi connectivity index (χ4n) is 2.96. The van der Waals surface area contributed by atoms with E-state index >= 15 is 0 Å². The van der Waals surface area contributed by atoms with Crippen molar-refractivity contribution >= 4 is 24.5 Å². The lowest BCUT2D eigenvalue weighted by atomic mass is 10.1. The Morgan fingerprint density at radius 1 is 0.700 bits per heavy atom. The maximum absolute atomic E-state index is 11.3. The first kappa shape index (κ1) is 32.8. The van der Waals surface area contributed by atoms with E-state index in [1.54, 1.807) is 20.3 Å².